The molecule has 1 aromatic carbocycles. The van der Waals surface area contributed by atoms with E-state index < -0.39 is 0 Å². The first kappa shape index (κ1) is 11.7. The van der Waals surface area contributed by atoms with Crippen LogP contribution < -0.4 is 10.2 Å². The number of hydrogen-bond donors (Lipinski definition) is 1. The molecule has 1 N–H and O–H groups in total. The Morgan fingerprint density at radius 2 is 2.18 bits per heavy atom. The summed E-state index contributed by atoms with van der Waals surface area (Å²) in [5.41, 5.74) is 1.62. The SMILES string of the molecule is Cc1cc(=O)c(OCc2cccc(Cl)c2)c[nH]1. The number of aryl methyl sites for hydroxylation is 1. The summed E-state index contributed by atoms with van der Waals surface area (Å²) >= 11 is 5.86. The largest absolute Gasteiger partial charge is 0.483 e. The van der Waals surface area contributed by atoms with Gasteiger partial charge < -0.3 is 9.72 Å². The van der Waals surface area contributed by atoms with E-state index >= 15 is 0 Å². The Bertz CT molecular complexity index is 578. The minimum Gasteiger partial charge on any atom is -0.483 e. The van der Waals surface area contributed by atoms with Crippen molar-refractivity contribution in [2.75, 3.05) is 0 Å². The van der Waals surface area contributed by atoms with Crippen LogP contribution in [-0.2, 0) is 6.61 Å². The molecule has 2 aromatic rings. The Kier molecular flexibility index (Phi) is 3.49. The second kappa shape index (κ2) is 5.06. The fourth-order valence-corrected chi connectivity index (χ4v) is 1.67. The van der Waals surface area contributed by atoms with Crippen LogP contribution in [-0.4, -0.2) is 4.98 Å². The van der Waals surface area contributed by atoms with Crippen LogP contribution in [0, 0.1) is 6.92 Å². The average molecular weight is 250 g/mol. The van der Waals surface area contributed by atoms with Crippen LogP contribution >= 0.6 is 11.6 Å². The molecule has 0 spiro atoms. The van der Waals surface area contributed by atoms with Gasteiger partial charge in [0.1, 0.15) is 6.61 Å². The lowest BCUT2D eigenvalue weighted by Crippen LogP contribution is -2.08. The highest BCUT2D eigenvalue weighted by atomic mass is 35.5. The van der Waals surface area contributed by atoms with Crippen LogP contribution in [0.2, 0.25) is 5.02 Å². The van der Waals surface area contributed by atoms with Gasteiger partial charge in [-0.15, -0.1) is 0 Å². The Morgan fingerprint density at radius 3 is 2.88 bits per heavy atom. The van der Waals surface area contributed by atoms with Gasteiger partial charge >= 0.3 is 0 Å². The second-order valence-electron chi connectivity index (χ2n) is 3.76. The summed E-state index contributed by atoms with van der Waals surface area (Å²) in [7, 11) is 0. The molecule has 0 aliphatic heterocycles. The number of hydrogen-bond acceptors (Lipinski definition) is 2. The van der Waals surface area contributed by atoms with Crippen molar-refractivity contribution >= 4 is 11.6 Å². The van der Waals surface area contributed by atoms with E-state index in [-0.39, 0.29) is 5.43 Å². The summed E-state index contributed by atoms with van der Waals surface area (Å²) in [4.78, 5) is 14.5. The fraction of sp³-hybridized carbons (Fsp3) is 0.154. The summed E-state index contributed by atoms with van der Waals surface area (Å²) in [5.74, 6) is 0.315. The van der Waals surface area contributed by atoms with Crippen LogP contribution in [0.1, 0.15) is 11.3 Å². The van der Waals surface area contributed by atoms with E-state index in [1.54, 1.807) is 12.3 Å². The smallest absolute Gasteiger partial charge is 0.223 e. The van der Waals surface area contributed by atoms with Gasteiger partial charge in [-0.1, -0.05) is 23.7 Å². The maximum absolute atomic E-state index is 11.6. The molecule has 0 amide bonds. The van der Waals surface area contributed by atoms with E-state index in [0.29, 0.717) is 17.4 Å². The Hall–Kier alpha value is -1.74. The number of rotatable bonds is 3. The lowest BCUT2D eigenvalue weighted by molar-refractivity contribution is 0.302. The predicted octanol–water partition coefficient (Wildman–Crippen LogP) is 2.92. The van der Waals surface area contributed by atoms with Gasteiger partial charge in [0.05, 0.1) is 0 Å². The molecule has 2 rings (SSSR count). The number of H-pyrrole nitrogens is 1. The molecule has 1 aromatic heterocycles. The number of pyridine rings is 1. The van der Waals surface area contributed by atoms with Crippen LogP contribution in [0.4, 0.5) is 0 Å². The lowest BCUT2D eigenvalue weighted by atomic mass is 10.2. The van der Waals surface area contributed by atoms with Gasteiger partial charge in [-0.3, -0.25) is 4.79 Å². The van der Waals surface area contributed by atoms with Crippen LogP contribution in [0.25, 0.3) is 0 Å². The molecule has 3 nitrogen and oxygen atoms in total. The summed E-state index contributed by atoms with van der Waals surface area (Å²) in [6.45, 7) is 2.15. The van der Waals surface area contributed by atoms with Crippen molar-refractivity contribution in [3.8, 4) is 5.75 Å². The quantitative estimate of drug-likeness (QED) is 0.909. The first-order valence-corrected chi connectivity index (χ1v) is 5.59. The first-order chi connectivity index (χ1) is 8.15. The minimum atomic E-state index is -0.122. The van der Waals surface area contributed by atoms with Crippen LogP contribution in [0.5, 0.6) is 5.75 Å². The Labute approximate surface area is 104 Å². The second-order valence-corrected chi connectivity index (χ2v) is 4.20. The Morgan fingerprint density at radius 1 is 1.35 bits per heavy atom. The highest BCUT2D eigenvalue weighted by Crippen LogP contribution is 2.12. The summed E-state index contributed by atoms with van der Waals surface area (Å²) in [6, 6.07) is 8.86. The van der Waals surface area contributed by atoms with Crippen molar-refractivity contribution in [2.45, 2.75) is 13.5 Å². The number of aromatic amines is 1. The predicted molar refractivity (Wildman–Crippen MR) is 67.6 cm³/mol. The van der Waals surface area contributed by atoms with Gasteiger partial charge in [0.2, 0.25) is 5.43 Å². The van der Waals surface area contributed by atoms with Crippen molar-refractivity contribution < 1.29 is 4.74 Å². The molecule has 0 aliphatic rings. The molecular formula is C13H12ClNO2. The molecule has 1 heterocycles. The first-order valence-electron chi connectivity index (χ1n) is 5.22. The molecule has 0 saturated heterocycles. The van der Waals surface area contributed by atoms with Crippen LogP contribution in [0.3, 0.4) is 0 Å². The van der Waals surface area contributed by atoms with Gasteiger partial charge in [-0.05, 0) is 24.6 Å². The van der Waals surface area contributed by atoms with E-state index in [4.69, 9.17) is 16.3 Å². The summed E-state index contributed by atoms with van der Waals surface area (Å²) in [5, 5.41) is 0.656. The average Bonchev–Trinajstić information content (AvgIpc) is 2.28. The van der Waals surface area contributed by atoms with Crippen molar-refractivity contribution in [1.82, 2.24) is 4.98 Å². The zero-order chi connectivity index (χ0) is 12.3. The molecule has 0 atom stereocenters. The molecule has 4 heteroatoms. The van der Waals surface area contributed by atoms with Gasteiger partial charge in [-0.2, -0.15) is 0 Å². The maximum Gasteiger partial charge on any atom is 0.223 e. The lowest BCUT2D eigenvalue weighted by Gasteiger charge is -2.06. The highest BCUT2D eigenvalue weighted by Gasteiger charge is 2.01. The number of aromatic nitrogens is 1. The van der Waals surface area contributed by atoms with E-state index in [1.165, 1.54) is 6.07 Å². The Balaban J connectivity index is 2.10. The number of halogens is 1. The molecular weight excluding hydrogens is 238 g/mol. The van der Waals surface area contributed by atoms with Gasteiger partial charge in [-0.25, -0.2) is 0 Å². The molecule has 0 unspecified atom stereocenters. The third-order valence-electron chi connectivity index (χ3n) is 2.30. The van der Waals surface area contributed by atoms with Crippen molar-refractivity contribution in [1.29, 1.82) is 0 Å². The van der Waals surface area contributed by atoms with E-state index in [9.17, 15) is 4.79 Å². The fourth-order valence-electron chi connectivity index (χ4n) is 1.46. The van der Waals surface area contributed by atoms with E-state index in [0.717, 1.165) is 11.3 Å². The van der Waals surface area contributed by atoms with Crippen molar-refractivity contribution in [3.63, 3.8) is 0 Å². The topological polar surface area (TPSA) is 42.1 Å². The van der Waals surface area contributed by atoms with E-state index in [1.807, 2.05) is 25.1 Å². The molecule has 0 radical (unpaired) electrons. The zero-order valence-corrected chi connectivity index (χ0v) is 10.1. The van der Waals surface area contributed by atoms with Crippen molar-refractivity contribution in [2.24, 2.45) is 0 Å². The molecule has 0 bridgehead atoms. The molecule has 88 valence electrons. The van der Waals surface area contributed by atoms with Gasteiger partial charge in [0.25, 0.3) is 0 Å². The summed E-state index contributed by atoms with van der Waals surface area (Å²) in [6.07, 6.45) is 1.57. The number of nitrogens with one attached hydrogen (secondary N) is 1. The van der Waals surface area contributed by atoms with Crippen molar-refractivity contribution in [3.05, 3.63) is 63.0 Å². The number of ether oxygens (including phenoxy) is 1. The van der Waals surface area contributed by atoms with Gasteiger partial charge in [0.15, 0.2) is 5.75 Å². The minimum absolute atomic E-state index is 0.122. The zero-order valence-electron chi connectivity index (χ0n) is 9.37. The normalized spacial score (nSPS) is 10.2. The molecule has 0 saturated carbocycles. The summed E-state index contributed by atoms with van der Waals surface area (Å²) < 4.78 is 5.43. The molecule has 17 heavy (non-hydrogen) atoms. The monoisotopic (exact) mass is 249 g/mol. The van der Waals surface area contributed by atoms with Gasteiger partial charge in [0, 0.05) is 23.0 Å². The van der Waals surface area contributed by atoms with E-state index in [2.05, 4.69) is 4.98 Å². The maximum atomic E-state index is 11.6. The number of benzene rings is 1. The molecule has 0 aliphatic carbocycles. The third kappa shape index (κ3) is 3.11. The molecule has 0 fully saturated rings. The third-order valence-corrected chi connectivity index (χ3v) is 2.54. The highest BCUT2D eigenvalue weighted by molar-refractivity contribution is 6.30. The van der Waals surface area contributed by atoms with Crippen LogP contribution in [0.15, 0.2) is 41.3 Å². The standard InChI is InChI=1S/C13H12ClNO2/c1-9-5-12(16)13(7-15-9)17-8-10-3-2-4-11(14)6-10/h2-7H,8H2,1H3,(H,15,16).